The average Bonchev–Trinajstić information content (AvgIpc) is 3.19. The van der Waals surface area contributed by atoms with E-state index in [1.165, 1.54) is 32.9 Å². The van der Waals surface area contributed by atoms with E-state index in [0.717, 1.165) is 18.4 Å². The molecule has 2 aromatic rings. The van der Waals surface area contributed by atoms with Gasteiger partial charge < -0.3 is 30.6 Å². The molecule has 0 aliphatic heterocycles. The summed E-state index contributed by atoms with van der Waals surface area (Å²) in [4.78, 5) is 65.5. The number of phenols is 2. The highest BCUT2D eigenvalue weighted by Gasteiger charge is 2.66. The average molecular weight is 865 g/mol. The minimum absolute atomic E-state index is 0.0682. The fourth-order valence-electron chi connectivity index (χ4n) is 12.2. The molecule has 64 heavy (non-hydrogen) atoms. The number of phenolic OH excluding ortho intramolecular Hbond substituents is 2. The number of hydrogen-bond donors (Lipinski definition) is 6. The Morgan fingerprint density at radius 2 is 1.34 bits per heavy atom. The molecule has 0 spiro atoms. The second kappa shape index (κ2) is 15.1. The van der Waals surface area contributed by atoms with Gasteiger partial charge in [0.15, 0.2) is 28.7 Å². The number of aromatic hydroxyl groups is 2. The Morgan fingerprint density at radius 3 is 1.94 bits per heavy atom. The highest BCUT2D eigenvalue weighted by Crippen LogP contribution is 2.65. The Morgan fingerprint density at radius 1 is 0.766 bits per heavy atom. The standard InChI is InChI=1S/C53H52O11/c1-26-23-51(6)25-50(5)24-35-31(17-18-36(56)40(35)27(2)44(50)49(63)53(51,64)48(62)39(26)28(3)54)15-13-11-9-8-10-12-14-30-16-19-37(57)43-34(30)21-32-20-33-22-38(58)41(29(4)55)46(60)52(33,7)47(61)42(32)45(43)59/h16-19,32-33,56-57,59-60,63-64H,2,8-11,20-25H2,1,3-7H3/t32-,33+,50+,51-,52+,53-/m1/s1. The van der Waals surface area contributed by atoms with Crippen LogP contribution in [0.2, 0.25) is 0 Å². The minimum atomic E-state index is -2.33. The van der Waals surface area contributed by atoms with E-state index in [-0.39, 0.29) is 58.8 Å². The van der Waals surface area contributed by atoms with E-state index in [1.54, 1.807) is 26.0 Å². The van der Waals surface area contributed by atoms with E-state index in [4.69, 9.17) is 0 Å². The summed E-state index contributed by atoms with van der Waals surface area (Å²) in [6, 6.07) is 6.37. The number of hydrogen-bond acceptors (Lipinski definition) is 11. The zero-order valence-corrected chi connectivity index (χ0v) is 37.0. The third-order valence-corrected chi connectivity index (χ3v) is 15.1. The molecule has 6 aliphatic rings. The van der Waals surface area contributed by atoms with Crippen molar-refractivity contribution in [2.45, 2.75) is 111 Å². The van der Waals surface area contributed by atoms with Crippen molar-refractivity contribution < 1.29 is 54.6 Å². The van der Waals surface area contributed by atoms with Crippen molar-refractivity contribution >= 4 is 40.2 Å². The first-order valence-corrected chi connectivity index (χ1v) is 21.8. The van der Waals surface area contributed by atoms with Gasteiger partial charge in [0, 0.05) is 57.9 Å². The van der Waals surface area contributed by atoms with Gasteiger partial charge in [0.05, 0.1) is 22.1 Å². The summed E-state index contributed by atoms with van der Waals surface area (Å²) in [5, 5.41) is 68.6. The summed E-state index contributed by atoms with van der Waals surface area (Å²) in [6.07, 6.45) is 3.92. The van der Waals surface area contributed by atoms with Gasteiger partial charge in [-0.1, -0.05) is 49.7 Å². The third-order valence-electron chi connectivity index (χ3n) is 15.1. The molecular formula is C53H52O11. The lowest BCUT2D eigenvalue weighted by molar-refractivity contribution is -0.157. The zero-order chi connectivity index (χ0) is 46.6. The van der Waals surface area contributed by atoms with Crippen molar-refractivity contribution in [1.82, 2.24) is 0 Å². The van der Waals surface area contributed by atoms with E-state index in [0.29, 0.717) is 71.1 Å². The highest BCUT2D eigenvalue weighted by atomic mass is 16.3. The Bertz CT molecular complexity index is 2860. The first kappa shape index (κ1) is 44.2. The molecule has 6 N–H and O–H groups in total. The SMILES string of the molecule is C=C1C2=C(O)[C@]3(O)C(=O)C(C(C)=O)=C(C)C[C@]3(C)C[C@]2(C)Cc2c(C#CCCCCC#Cc3ccc(O)c4c3C[C@H]3C[C@H]5CC(=O)C(C(C)=O)=C(O)[C@@]5(C)C(=O)C3=C4O)ccc(O)c21. The highest BCUT2D eigenvalue weighted by molar-refractivity contribution is 6.25. The summed E-state index contributed by atoms with van der Waals surface area (Å²) < 4.78 is 0. The molecule has 2 aromatic carbocycles. The van der Waals surface area contributed by atoms with Gasteiger partial charge in [-0.25, -0.2) is 0 Å². The van der Waals surface area contributed by atoms with Crippen LogP contribution in [0.15, 0.2) is 70.2 Å². The van der Waals surface area contributed by atoms with Crippen LogP contribution in [0.25, 0.3) is 11.3 Å². The van der Waals surface area contributed by atoms with Crippen molar-refractivity contribution in [3.63, 3.8) is 0 Å². The summed E-state index contributed by atoms with van der Waals surface area (Å²) in [6.45, 7) is 13.6. The van der Waals surface area contributed by atoms with Crippen LogP contribution < -0.4 is 0 Å². The molecular weight excluding hydrogens is 813 g/mol. The van der Waals surface area contributed by atoms with Crippen LogP contribution in [0.5, 0.6) is 11.5 Å². The second-order valence-corrected chi connectivity index (χ2v) is 19.4. The molecule has 6 atom stereocenters. The summed E-state index contributed by atoms with van der Waals surface area (Å²) in [5.74, 6) is 7.12. The van der Waals surface area contributed by atoms with Crippen LogP contribution in [-0.2, 0) is 36.8 Å². The Hall–Kier alpha value is -6.43. The summed E-state index contributed by atoms with van der Waals surface area (Å²) in [7, 11) is 0. The number of allylic oxidation sites excluding steroid dienone is 6. The lowest BCUT2D eigenvalue weighted by Crippen LogP contribution is -2.63. The molecule has 11 nitrogen and oxygen atoms in total. The van der Waals surface area contributed by atoms with Crippen LogP contribution in [0.4, 0.5) is 0 Å². The maximum atomic E-state index is 14.1. The van der Waals surface area contributed by atoms with Crippen molar-refractivity contribution in [3.8, 4) is 35.2 Å². The van der Waals surface area contributed by atoms with Gasteiger partial charge in [-0.3, -0.25) is 24.0 Å². The monoisotopic (exact) mass is 864 g/mol. The van der Waals surface area contributed by atoms with Gasteiger partial charge in [-0.05, 0) is 125 Å². The number of aliphatic hydroxyl groups is 4. The Balaban J connectivity index is 0.979. The number of carbonyl (C=O) groups is 5. The first-order chi connectivity index (χ1) is 30.0. The molecule has 0 radical (unpaired) electrons. The van der Waals surface area contributed by atoms with Crippen LogP contribution in [0.3, 0.4) is 0 Å². The molecule has 0 saturated heterocycles. The number of ketones is 5. The first-order valence-electron chi connectivity index (χ1n) is 21.8. The number of Topliss-reactive ketones (excluding diaryl/α,β-unsaturated/α-hetero) is 5. The Labute approximate surface area is 372 Å². The van der Waals surface area contributed by atoms with Gasteiger partial charge >= 0.3 is 0 Å². The van der Waals surface area contributed by atoms with Crippen LogP contribution in [-0.4, -0.2) is 65.2 Å². The number of fused-ring (bicyclic) bond motifs is 6. The molecule has 1 fully saturated rings. The van der Waals surface area contributed by atoms with Gasteiger partial charge in [-0.15, -0.1) is 0 Å². The number of rotatable bonds is 5. The van der Waals surface area contributed by atoms with E-state index < -0.39 is 74.1 Å². The van der Waals surface area contributed by atoms with E-state index in [1.807, 2.05) is 6.92 Å². The molecule has 0 heterocycles. The quantitative estimate of drug-likeness (QED) is 0.0969. The van der Waals surface area contributed by atoms with Gasteiger partial charge in [-0.2, -0.15) is 0 Å². The molecule has 0 unspecified atom stereocenters. The molecule has 11 heteroatoms. The molecule has 330 valence electrons. The second-order valence-electron chi connectivity index (χ2n) is 19.4. The minimum Gasteiger partial charge on any atom is -0.510 e. The largest absolute Gasteiger partial charge is 0.510 e. The number of aliphatic hydroxyl groups excluding tert-OH is 3. The van der Waals surface area contributed by atoms with Crippen LogP contribution in [0.1, 0.15) is 126 Å². The van der Waals surface area contributed by atoms with Gasteiger partial charge in [0.25, 0.3) is 0 Å². The van der Waals surface area contributed by atoms with Gasteiger partial charge in [0.2, 0.25) is 5.78 Å². The number of unbranched alkanes of at least 4 members (excludes halogenated alkanes) is 3. The fourth-order valence-corrected chi connectivity index (χ4v) is 12.2. The molecule has 0 aromatic heterocycles. The molecule has 0 amide bonds. The van der Waals surface area contributed by atoms with Crippen molar-refractivity contribution in [2.24, 2.45) is 28.1 Å². The number of benzene rings is 2. The maximum absolute atomic E-state index is 14.1. The van der Waals surface area contributed by atoms with Gasteiger partial charge in [0.1, 0.15) is 28.8 Å². The molecule has 8 rings (SSSR count). The van der Waals surface area contributed by atoms with Crippen molar-refractivity contribution in [2.75, 3.05) is 0 Å². The smallest absolute Gasteiger partial charge is 0.206 e. The number of carbonyl (C=O) groups excluding carboxylic acids is 5. The van der Waals surface area contributed by atoms with E-state index in [9.17, 15) is 54.6 Å². The van der Waals surface area contributed by atoms with Crippen LogP contribution >= 0.6 is 0 Å². The molecule has 6 aliphatic carbocycles. The fraction of sp³-hybridized carbons (Fsp3) is 0.415. The van der Waals surface area contributed by atoms with Crippen LogP contribution in [0, 0.1) is 51.8 Å². The molecule has 1 saturated carbocycles. The Kier molecular flexibility index (Phi) is 10.4. The van der Waals surface area contributed by atoms with Crippen molar-refractivity contribution in [1.29, 1.82) is 0 Å². The molecule has 0 bridgehead atoms. The van der Waals surface area contributed by atoms with E-state index in [2.05, 4.69) is 30.3 Å². The summed E-state index contributed by atoms with van der Waals surface area (Å²) in [5.41, 5.74) is -1.89. The predicted molar refractivity (Wildman–Crippen MR) is 238 cm³/mol. The summed E-state index contributed by atoms with van der Waals surface area (Å²) >= 11 is 0. The lowest BCUT2D eigenvalue weighted by atomic mass is 9.47. The van der Waals surface area contributed by atoms with E-state index >= 15 is 0 Å². The third kappa shape index (κ3) is 6.19. The van der Waals surface area contributed by atoms with Crippen molar-refractivity contribution in [3.05, 3.63) is 104 Å². The normalized spacial score (nSPS) is 29.4. The zero-order valence-electron chi connectivity index (χ0n) is 37.0. The predicted octanol–water partition coefficient (Wildman–Crippen LogP) is 7.88. The maximum Gasteiger partial charge on any atom is 0.206 e. The lowest BCUT2D eigenvalue weighted by Gasteiger charge is -2.57. The topological polar surface area (TPSA) is 207 Å².